The minimum atomic E-state index is 0.108. The quantitative estimate of drug-likeness (QED) is 0.672. The van der Waals surface area contributed by atoms with Crippen LogP contribution in [0.15, 0.2) is 78.1 Å². The highest BCUT2D eigenvalue weighted by molar-refractivity contribution is 5.91. The lowest BCUT2D eigenvalue weighted by molar-refractivity contribution is -0.113. The molecule has 0 bridgehead atoms. The molecule has 3 nitrogen and oxygen atoms in total. The van der Waals surface area contributed by atoms with Gasteiger partial charge in [-0.25, -0.2) is 0 Å². The normalized spacial score (nSPS) is 14.3. The maximum Gasteiger partial charge on any atom is 0.159 e. The summed E-state index contributed by atoms with van der Waals surface area (Å²) >= 11 is 0. The Balaban J connectivity index is 1.88. The summed E-state index contributed by atoms with van der Waals surface area (Å²) in [5.74, 6) is 0.108. The van der Waals surface area contributed by atoms with Crippen LogP contribution >= 0.6 is 0 Å². The number of likely N-dealkylation sites (N-methyl/N-ethyl adjacent to an activating group) is 1. The van der Waals surface area contributed by atoms with Crippen molar-refractivity contribution in [3.05, 3.63) is 83.6 Å². The van der Waals surface area contributed by atoms with Crippen LogP contribution in [-0.2, 0) is 4.79 Å². The molecule has 0 heterocycles. The highest BCUT2D eigenvalue weighted by Gasteiger charge is 2.00. The Bertz CT molecular complexity index is 760. The molecule has 0 aliphatic heterocycles. The Hall–Kier alpha value is -2.81. The highest BCUT2D eigenvalue weighted by atomic mass is 16.1. The summed E-state index contributed by atoms with van der Waals surface area (Å²) in [7, 11) is 8.09. The van der Waals surface area contributed by atoms with Crippen molar-refractivity contribution >= 4 is 17.5 Å². The first kappa shape index (κ1) is 19.5. The van der Waals surface area contributed by atoms with Gasteiger partial charge in [-0.05, 0) is 47.9 Å². The summed E-state index contributed by atoms with van der Waals surface area (Å²) in [6.07, 6.45) is 17.1. The van der Waals surface area contributed by atoms with Crippen molar-refractivity contribution in [1.82, 2.24) is 4.90 Å². The van der Waals surface area contributed by atoms with Gasteiger partial charge < -0.3 is 9.80 Å². The van der Waals surface area contributed by atoms with E-state index < -0.39 is 0 Å². The third kappa shape index (κ3) is 6.25. The lowest BCUT2D eigenvalue weighted by Crippen LogP contribution is -2.08. The first-order valence-corrected chi connectivity index (χ1v) is 8.85. The molecule has 0 spiro atoms. The van der Waals surface area contributed by atoms with Crippen molar-refractivity contribution in [2.24, 2.45) is 0 Å². The molecule has 0 aromatic heterocycles. The largest absolute Gasteiger partial charge is 0.378 e. The Morgan fingerprint density at radius 1 is 1.00 bits per heavy atom. The summed E-state index contributed by atoms with van der Waals surface area (Å²) in [5, 5.41) is 0. The van der Waals surface area contributed by atoms with E-state index in [0.717, 1.165) is 23.3 Å². The van der Waals surface area contributed by atoms with Crippen molar-refractivity contribution in [3.8, 4) is 0 Å². The SMILES string of the molecule is CN(C)C1=CC=C(/C=C/C(=O)C/C=C/c2ccc(N(C)C)cc2)CC=C1. The molecular formula is C23H28N2O. The minimum absolute atomic E-state index is 0.108. The molecular weight excluding hydrogens is 320 g/mol. The van der Waals surface area contributed by atoms with E-state index in [1.54, 1.807) is 6.08 Å². The maximum absolute atomic E-state index is 12.1. The summed E-state index contributed by atoms with van der Waals surface area (Å²) in [5.41, 5.74) is 4.56. The van der Waals surface area contributed by atoms with Crippen LogP contribution in [0.1, 0.15) is 18.4 Å². The number of anilines is 1. The molecule has 0 radical (unpaired) electrons. The van der Waals surface area contributed by atoms with Crippen molar-refractivity contribution in [3.63, 3.8) is 0 Å². The van der Waals surface area contributed by atoms with Crippen LogP contribution in [0, 0.1) is 0 Å². The molecule has 3 heteroatoms. The molecule has 0 fully saturated rings. The predicted octanol–water partition coefficient (Wildman–Crippen LogP) is 4.61. The predicted molar refractivity (Wildman–Crippen MR) is 112 cm³/mol. The topological polar surface area (TPSA) is 23.6 Å². The number of benzene rings is 1. The number of hydrogen-bond donors (Lipinski definition) is 0. The number of ketones is 1. The van der Waals surface area contributed by atoms with Crippen molar-refractivity contribution in [2.75, 3.05) is 33.1 Å². The minimum Gasteiger partial charge on any atom is -0.378 e. The number of allylic oxidation sites excluding steroid dienone is 8. The van der Waals surface area contributed by atoms with Gasteiger partial charge >= 0.3 is 0 Å². The van der Waals surface area contributed by atoms with E-state index in [-0.39, 0.29) is 5.78 Å². The standard InChI is InChI=1S/C23H28N2O/c1-24(2)21-9-5-7-20(11-15-21)14-18-23(26)10-6-8-19-12-16-22(17-13-19)25(3)4/h5-6,8-9,11-18H,7,10H2,1-4H3/b8-6+,18-14+. The van der Waals surface area contributed by atoms with Gasteiger partial charge in [-0.15, -0.1) is 0 Å². The summed E-state index contributed by atoms with van der Waals surface area (Å²) < 4.78 is 0. The number of carbonyl (C=O) groups excluding carboxylic acids is 1. The molecule has 1 aromatic carbocycles. The van der Waals surface area contributed by atoms with Crippen LogP contribution in [0.2, 0.25) is 0 Å². The first-order chi connectivity index (χ1) is 12.5. The molecule has 0 N–H and O–H groups in total. The first-order valence-electron chi connectivity index (χ1n) is 8.85. The Labute approximate surface area is 157 Å². The van der Waals surface area contributed by atoms with Gasteiger partial charge in [-0.2, -0.15) is 0 Å². The second-order valence-electron chi connectivity index (χ2n) is 6.73. The Morgan fingerprint density at radius 3 is 2.38 bits per heavy atom. The van der Waals surface area contributed by atoms with Crippen LogP contribution in [0.25, 0.3) is 6.08 Å². The average Bonchev–Trinajstić information content (AvgIpc) is 2.86. The van der Waals surface area contributed by atoms with Gasteiger partial charge in [0.05, 0.1) is 0 Å². The molecule has 0 atom stereocenters. The summed E-state index contributed by atoms with van der Waals surface area (Å²) in [6, 6.07) is 8.26. The molecule has 1 aliphatic rings. The second kappa shape index (κ2) is 9.62. The summed E-state index contributed by atoms with van der Waals surface area (Å²) in [4.78, 5) is 16.2. The zero-order valence-electron chi connectivity index (χ0n) is 16.1. The van der Waals surface area contributed by atoms with E-state index in [4.69, 9.17) is 0 Å². The molecule has 0 saturated heterocycles. The van der Waals surface area contributed by atoms with Crippen molar-refractivity contribution in [1.29, 1.82) is 0 Å². The van der Waals surface area contributed by atoms with Gasteiger partial charge in [0.25, 0.3) is 0 Å². The van der Waals surface area contributed by atoms with E-state index in [2.05, 4.69) is 58.4 Å². The maximum atomic E-state index is 12.1. The van der Waals surface area contributed by atoms with Gasteiger partial charge in [0, 0.05) is 46.0 Å². The molecule has 0 saturated carbocycles. The number of nitrogens with zero attached hydrogens (tertiary/aromatic N) is 2. The number of rotatable bonds is 7. The molecule has 26 heavy (non-hydrogen) atoms. The third-order valence-corrected chi connectivity index (χ3v) is 4.15. The monoisotopic (exact) mass is 348 g/mol. The lowest BCUT2D eigenvalue weighted by atomic mass is 10.1. The van der Waals surface area contributed by atoms with E-state index in [0.29, 0.717) is 6.42 Å². The van der Waals surface area contributed by atoms with Gasteiger partial charge in [0.15, 0.2) is 5.78 Å². The van der Waals surface area contributed by atoms with Crippen molar-refractivity contribution < 1.29 is 4.79 Å². The molecule has 0 unspecified atom stereocenters. The van der Waals surface area contributed by atoms with Crippen LogP contribution in [0.5, 0.6) is 0 Å². The van der Waals surface area contributed by atoms with E-state index in [1.807, 2.05) is 46.4 Å². The van der Waals surface area contributed by atoms with Crippen molar-refractivity contribution in [2.45, 2.75) is 12.8 Å². The van der Waals surface area contributed by atoms with Crippen LogP contribution < -0.4 is 4.90 Å². The van der Waals surface area contributed by atoms with E-state index in [9.17, 15) is 4.79 Å². The average molecular weight is 348 g/mol. The second-order valence-corrected chi connectivity index (χ2v) is 6.73. The molecule has 2 rings (SSSR count). The van der Waals surface area contributed by atoms with E-state index >= 15 is 0 Å². The summed E-state index contributed by atoms with van der Waals surface area (Å²) in [6.45, 7) is 0. The van der Waals surface area contributed by atoms with Crippen LogP contribution in [0.3, 0.4) is 0 Å². The van der Waals surface area contributed by atoms with Gasteiger partial charge in [0.1, 0.15) is 0 Å². The fraction of sp³-hybridized carbons (Fsp3) is 0.261. The fourth-order valence-corrected chi connectivity index (χ4v) is 2.52. The van der Waals surface area contributed by atoms with Gasteiger partial charge in [-0.1, -0.05) is 42.5 Å². The molecule has 136 valence electrons. The smallest absolute Gasteiger partial charge is 0.159 e. The lowest BCUT2D eigenvalue weighted by Gasteiger charge is -2.11. The zero-order valence-corrected chi connectivity index (χ0v) is 16.1. The molecule has 1 aliphatic carbocycles. The van der Waals surface area contributed by atoms with Crippen LogP contribution in [-0.4, -0.2) is 38.9 Å². The van der Waals surface area contributed by atoms with Gasteiger partial charge in [-0.3, -0.25) is 4.79 Å². The fourth-order valence-electron chi connectivity index (χ4n) is 2.52. The molecule has 0 amide bonds. The molecule has 1 aromatic rings. The van der Waals surface area contributed by atoms with Gasteiger partial charge in [0.2, 0.25) is 0 Å². The van der Waals surface area contributed by atoms with Crippen LogP contribution in [0.4, 0.5) is 5.69 Å². The van der Waals surface area contributed by atoms with E-state index in [1.165, 1.54) is 5.69 Å². The zero-order chi connectivity index (χ0) is 18.9. The Kier molecular flexibility index (Phi) is 7.22. The number of carbonyl (C=O) groups is 1. The highest BCUT2D eigenvalue weighted by Crippen LogP contribution is 2.15. The Morgan fingerprint density at radius 2 is 1.73 bits per heavy atom. The third-order valence-electron chi connectivity index (χ3n) is 4.15. The number of hydrogen-bond acceptors (Lipinski definition) is 3.